The van der Waals surface area contributed by atoms with Gasteiger partial charge in [-0.2, -0.15) is 0 Å². The zero-order valence-corrected chi connectivity index (χ0v) is 19.3. The van der Waals surface area contributed by atoms with E-state index in [2.05, 4.69) is 22.4 Å². The topological polar surface area (TPSA) is 62.3 Å². The molecule has 5 heteroatoms. The van der Waals surface area contributed by atoms with Gasteiger partial charge in [0.25, 0.3) is 0 Å². The summed E-state index contributed by atoms with van der Waals surface area (Å²) in [5.41, 5.74) is 3.63. The van der Waals surface area contributed by atoms with Crippen LogP contribution < -0.4 is 5.32 Å². The Balaban J connectivity index is 1.64. The minimum absolute atomic E-state index is 0.00287. The maximum absolute atomic E-state index is 13.4. The van der Waals surface area contributed by atoms with Gasteiger partial charge < -0.3 is 10.2 Å². The number of hydrogen-bond acceptors (Lipinski definition) is 3. The lowest BCUT2D eigenvalue weighted by molar-refractivity contribution is -0.142. The second-order valence-corrected chi connectivity index (χ2v) is 8.92. The third kappa shape index (κ3) is 4.82. The molecule has 2 atom stereocenters. The Kier molecular flexibility index (Phi) is 6.87. The van der Waals surface area contributed by atoms with Crippen molar-refractivity contribution in [2.75, 3.05) is 20.1 Å². The monoisotopic (exact) mass is 441 g/mol. The quantitative estimate of drug-likeness (QED) is 0.615. The van der Waals surface area contributed by atoms with Crippen molar-refractivity contribution >= 4 is 11.8 Å². The Morgan fingerprint density at radius 2 is 1.73 bits per heavy atom. The fraction of sp³-hybridized carbons (Fsp3) is 0.321. The van der Waals surface area contributed by atoms with Gasteiger partial charge in [0.15, 0.2) is 0 Å². The van der Waals surface area contributed by atoms with Gasteiger partial charge in [-0.3, -0.25) is 14.6 Å². The maximum atomic E-state index is 13.4. The van der Waals surface area contributed by atoms with Crippen LogP contribution in [0.5, 0.6) is 0 Å². The zero-order valence-electron chi connectivity index (χ0n) is 19.3. The molecule has 2 amide bonds. The summed E-state index contributed by atoms with van der Waals surface area (Å²) in [7, 11) is 1.69. The molecule has 0 aliphatic carbocycles. The number of nitrogens with zero attached hydrogens (tertiary/aromatic N) is 2. The molecule has 1 aliphatic heterocycles. The molecule has 1 N–H and O–H groups in total. The number of carbonyl (C=O) groups excluding carboxylic acids is 2. The zero-order chi connectivity index (χ0) is 23.3. The molecule has 1 fully saturated rings. The molecular weight excluding hydrogens is 410 g/mol. The van der Waals surface area contributed by atoms with Crippen molar-refractivity contribution in [3.63, 3.8) is 0 Å². The summed E-state index contributed by atoms with van der Waals surface area (Å²) in [5, 5.41) is 2.89. The SMILES string of the molecule is CNC(=O)[C@@]1(Cc2ccccc2-c2ccncc2)CCCN(C(=O)[C@@H](C)c2ccccc2)C1. The number of piperidine rings is 1. The van der Waals surface area contributed by atoms with Gasteiger partial charge >= 0.3 is 0 Å². The van der Waals surface area contributed by atoms with E-state index in [1.54, 1.807) is 19.4 Å². The van der Waals surface area contributed by atoms with Gasteiger partial charge in [-0.1, -0.05) is 54.6 Å². The molecule has 0 saturated carbocycles. The molecule has 33 heavy (non-hydrogen) atoms. The largest absolute Gasteiger partial charge is 0.359 e. The van der Waals surface area contributed by atoms with Crippen molar-refractivity contribution in [3.05, 3.63) is 90.3 Å². The minimum Gasteiger partial charge on any atom is -0.359 e. The molecule has 0 bridgehead atoms. The van der Waals surface area contributed by atoms with E-state index in [4.69, 9.17) is 0 Å². The highest BCUT2D eigenvalue weighted by molar-refractivity contribution is 5.87. The molecular formula is C28H31N3O2. The van der Waals surface area contributed by atoms with Gasteiger partial charge in [0, 0.05) is 32.5 Å². The molecule has 1 aromatic heterocycles. The van der Waals surface area contributed by atoms with Crippen molar-refractivity contribution < 1.29 is 9.59 Å². The Hall–Kier alpha value is -3.47. The van der Waals surface area contributed by atoms with Crippen LogP contribution in [-0.4, -0.2) is 41.8 Å². The summed E-state index contributed by atoms with van der Waals surface area (Å²) in [6, 6.07) is 22.0. The van der Waals surface area contributed by atoms with Crippen LogP contribution in [0.3, 0.4) is 0 Å². The maximum Gasteiger partial charge on any atom is 0.229 e. The van der Waals surface area contributed by atoms with Gasteiger partial charge in [-0.05, 0) is 60.6 Å². The molecule has 1 aliphatic rings. The van der Waals surface area contributed by atoms with Crippen molar-refractivity contribution in [2.24, 2.45) is 5.41 Å². The van der Waals surface area contributed by atoms with Crippen LogP contribution in [0.1, 0.15) is 36.8 Å². The molecule has 4 rings (SSSR count). The van der Waals surface area contributed by atoms with Crippen molar-refractivity contribution in [1.82, 2.24) is 15.2 Å². The first-order valence-corrected chi connectivity index (χ1v) is 11.6. The standard InChI is InChI=1S/C28H31N3O2/c1-21(22-9-4-3-5-10-22)26(32)31-18-8-15-28(20-31,27(33)29-2)19-24-11-6-7-12-25(24)23-13-16-30-17-14-23/h3-7,9-14,16-17,21H,8,15,18-20H2,1-2H3,(H,29,33)/t21-,28+/m0/s1. The fourth-order valence-electron chi connectivity index (χ4n) is 5.01. The average molecular weight is 442 g/mol. The highest BCUT2D eigenvalue weighted by Crippen LogP contribution is 2.38. The number of likely N-dealkylation sites (tertiary alicyclic amines) is 1. The van der Waals surface area contributed by atoms with Crippen molar-refractivity contribution in [1.29, 1.82) is 0 Å². The van der Waals surface area contributed by atoms with Gasteiger partial charge in [0.1, 0.15) is 0 Å². The van der Waals surface area contributed by atoms with E-state index in [0.717, 1.165) is 35.1 Å². The molecule has 3 aromatic rings. The first-order valence-electron chi connectivity index (χ1n) is 11.6. The summed E-state index contributed by atoms with van der Waals surface area (Å²) in [5.74, 6) is -0.163. The average Bonchev–Trinajstić information content (AvgIpc) is 2.88. The van der Waals surface area contributed by atoms with Crippen LogP contribution in [0.15, 0.2) is 79.1 Å². The van der Waals surface area contributed by atoms with Crippen LogP contribution in [0, 0.1) is 5.41 Å². The highest BCUT2D eigenvalue weighted by atomic mass is 16.2. The molecule has 170 valence electrons. The summed E-state index contributed by atoms with van der Waals surface area (Å²) < 4.78 is 0. The van der Waals surface area contributed by atoms with Crippen LogP contribution >= 0.6 is 0 Å². The number of pyridine rings is 1. The number of rotatable bonds is 6. The second-order valence-electron chi connectivity index (χ2n) is 8.92. The molecule has 2 aromatic carbocycles. The number of aromatic nitrogens is 1. The van der Waals surface area contributed by atoms with E-state index < -0.39 is 5.41 Å². The highest BCUT2D eigenvalue weighted by Gasteiger charge is 2.44. The third-order valence-electron chi connectivity index (χ3n) is 6.80. The predicted octanol–water partition coefficient (Wildman–Crippen LogP) is 4.45. The molecule has 1 saturated heterocycles. The fourth-order valence-corrected chi connectivity index (χ4v) is 5.01. The summed E-state index contributed by atoms with van der Waals surface area (Å²) in [4.78, 5) is 32.7. The molecule has 0 radical (unpaired) electrons. The van der Waals surface area contributed by atoms with Crippen molar-refractivity contribution in [2.45, 2.75) is 32.1 Å². The Morgan fingerprint density at radius 3 is 2.45 bits per heavy atom. The van der Waals surface area contributed by atoms with E-state index in [0.29, 0.717) is 19.5 Å². The summed E-state index contributed by atoms with van der Waals surface area (Å²) in [6.45, 7) is 3.06. The molecule has 5 nitrogen and oxygen atoms in total. The lowest BCUT2D eigenvalue weighted by Gasteiger charge is -2.42. The van der Waals surface area contributed by atoms with Crippen LogP contribution in [0.25, 0.3) is 11.1 Å². The number of amides is 2. The molecule has 0 unspecified atom stereocenters. The van der Waals surface area contributed by atoms with Gasteiger partial charge in [-0.15, -0.1) is 0 Å². The molecule has 0 spiro atoms. The Labute approximate surface area is 195 Å². The summed E-state index contributed by atoms with van der Waals surface area (Å²) >= 11 is 0. The minimum atomic E-state index is -0.664. The van der Waals surface area contributed by atoms with E-state index in [-0.39, 0.29) is 17.7 Å². The van der Waals surface area contributed by atoms with Crippen LogP contribution in [0.4, 0.5) is 0 Å². The number of carbonyl (C=O) groups is 2. The number of benzene rings is 2. The van der Waals surface area contributed by atoms with E-state index in [1.807, 2.05) is 66.4 Å². The van der Waals surface area contributed by atoms with Crippen molar-refractivity contribution in [3.8, 4) is 11.1 Å². The van der Waals surface area contributed by atoms with Gasteiger partial charge in [-0.25, -0.2) is 0 Å². The smallest absolute Gasteiger partial charge is 0.229 e. The first-order chi connectivity index (χ1) is 16.0. The number of nitrogens with one attached hydrogen (secondary N) is 1. The predicted molar refractivity (Wildman–Crippen MR) is 131 cm³/mol. The second kappa shape index (κ2) is 9.99. The third-order valence-corrected chi connectivity index (χ3v) is 6.80. The van der Waals surface area contributed by atoms with Gasteiger partial charge in [0.2, 0.25) is 11.8 Å². The first kappa shape index (κ1) is 22.7. The van der Waals surface area contributed by atoms with Crippen LogP contribution in [-0.2, 0) is 16.0 Å². The Morgan fingerprint density at radius 1 is 1.03 bits per heavy atom. The van der Waals surface area contributed by atoms with E-state index >= 15 is 0 Å². The lowest BCUT2D eigenvalue weighted by Crippen LogP contribution is -2.54. The van der Waals surface area contributed by atoms with Crippen LogP contribution in [0.2, 0.25) is 0 Å². The Bertz CT molecular complexity index is 1100. The van der Waals surface area contributed by atoms with E-state index in [1.165, 1.54) is 0 Å². The van der Waals surface area contributed by atoms with Gasteiger partial charge in [0.05, 0.1) is 11.3 Å². The van der Waals surface area contributed by atoms with E-state index in [9.17, 15) is 9.59 Å². The lowest BCUT2D eigenvalue weighted by atomic mass is 9.73. The summed E-state index contributed by atoms with van der Waals surface area (Å²) in [6.07, 6.45) is 5.70. The number of hydrogen-bond donors (Lipinski definition) is 1. The molecule has 2 heterocycles. The normalized spacial score (nSPS) is 19.0.